The van der Waals surface area contributed by atoms with Crippen molar-refractivity contribution in [1.29, 1.82) is 0 Å². The Morgan fingerprint density at radius 3 is 2.03 bits per heavy atom. The molecule has 1 saturated heterocycles. The third kappa shape index (κ3) is 6.09. The van der Waals surface area contributed by atoms with Gasteiger partial charge in [0.25, 0.3) is 11.8 Å². The van der Waals surface area contributed by atoms with E-state index >= 15 is 0 Å². The summed E-state index contributed by atoms with van der Waals surface area (Å²) in [6.07, 6.45) is 0.621. The first-order valence-corrected chi connectivity index (χ1v) is 10.5. The fourth-order valence-corrected chi connectivity index (χ4v) is 3.28. The van der Waals surface area contributed by atoms with Crippen molar-refractivity contribution in [1.82, 2.24) is 9.80 Å². The molecule has 1 aromatic carbocycles. The number of ketones is 1. The maximum absolute atomic E-state index is 12.6. The predicted molar refractivity (Wildman–Crippen MR) is 112 cm³/mol. The van der Waals surface area contributed by atoms with Gasteiger partial charge in [0, 0.05) is 6.54 Å². The molecule has 1 atom stereocenters. The lowest BCUT2D eigenvalue weighted by atomic mass is 9.98. The van der Waals surface area contributed by atoms with Gasteiger partial charge < -0.3 is 0 Å². The van der Waals surface area contributed by atoms with Gasteiger partial charge in [-0.3, -0.25) is 24.2 Å². The van der Waals surface area contributed by atoms with Gasteiger partial charge >= 0.3 is 6.03 Å². The molecule has 6 nitrogen and oxygen atoms in total. The predicted octanol–water partition coefficient (Wildman–Crippen LogP) is 3.98. The van der Waals surface area contributed by atoms with Crippen LogP contribution in [0.4, 0.5) is 4.79 Å². The number of imide groups is 2. The lowest BCUT2D eigenvalue weighted by Gasteiger charge is -2.36. The second-order valence-corrected chi connectivity index (χ2v) is 8.02. The lowest BCUT2D eigenvalue weighted by Crippen LogP contribution is -2.61. The molecule has 1 unspecified atom stereocenters. The highest BCUT2D eigenvalue weighted by Crippen LogP contribution is 2.22. The van der Waals surface area contributed by atoms with Crippen molar-refractivity contribution >= 4 is 35.0 Å². The van der Waals surface area contributed by atoms with Crippen LogP contribution in [0, 0.1) is 11.8 Å². The molecule has 2 heterocycles. The van der Waals surface area contributed by atoms with E-state index in [-0.39, 0.29) is 13.1 Å². The van der Waals surface area contributed by atoms with Crippen LogP contribution in [-0.4, -0.2) is 40.0 Å². The molecule has 4 amide bonds. The Morgan fingerprint density at radius 1 is 0.966 bits per heavy atom. The Morgan fingerprint density at radius 2 is 1.55 bits per heavy atom. The Labute approximate surface area is 175 Å². The highest BCUT2D eigenvalue weighted by atomic mass is 32.1. The van der Waals surface area contributed by atoms with E-state index in [0.717, 1.165) is 15.4 Å². The number of rotatable bonds is 6. The highest BCUT2D eigenvalue weighted by molar-refractivity contribution is 7.07. The average molecular weight is 415 g/mol. The molecule has 7 heteroatoms. The summed E-state index contributed by atoms with van der Waals surface area (Å²) in [5, 5.41) is 4.08. The summed E-state index contributed by atoms with van der Waals surface area (Å²) in [5.41, 5.74) is 0.764. The van der Waals surface area contributed by atoms with Crippen molar-refractivity contribution in [3.05, 3.63) is 58.8 Å². The van der Waals surface area contributed by atoms with Gasteiger partial charge in [-0.15, -0.1) is 0 Å². The molecule has 0 bridgehead atoms. The zero-order valence-electron chi connectivity index (χ0n) is 16.9. The largest absolute Gasteiger partial charge is 0.333 e. The first kappa shape index (κ1) is 22.5. The van der Waals surface area contributed by atoms with Gasteiger partial charge in [0.15, 0.2) is 11.7 Å². The van der Waals surface area contributed by atoms with Crippen LogP contribution < -0.4 is 0 Å². The SMILES string of the molecule is CC(=O)C1C(=O)N(CCC(C)C)C(=O)N(Cc2ccccc2)C1=O.c1ccsc1. The van der Waals surface area contributed by atoms with Crippen LogP contribution in [0.3, 0.4) is 0 Å². The molecule has 0 saturated carbocycles. The minimum atomic E-state index is -1.42. The van der Waals surface area contributed by atoms with Crippen molar-refractivity contribution in [2.75, 3.05) is 6.54 Å². The molecule has 2 aromatic rings. The molecule has 0 radical (unpaired) electrons. The van der Waals surface area contributed by atoms with Crippen LogP contribution in [0.2, 0.25) is 0 Å². The maximum atomic E-state index is 12.6. The van der Waals surface area contributed by atoms with Crippen LogP contribution in [0.1, 0.15) is 32.8 Å². The van der Waals surface area contributed by atoms with Gasteiger partial charge in [-0.25, -0.2) is 4.79 Å². The normalized spacial score (nSPS) is 16.7. The van der Waals surface area contributed by atoms with E-state index in [2.05, 4.69) is 0 Å². The number of thiophene rings is 1. The number of benzene rings is 1. The number of Topliss-reactive ketones (excluding diaryl/α,β-unsaturated/α-hetero) is 1. The van der Waals surface area contributed by atoms with Gasteiger partial charge in [0.1, 0.15) is 0 Å². The van der Waals surface area contributed by atoms with Crippen LogP contribution in [0.15, 0.2) is 53.2 Å². The molecular weight excluding hydrogens is 388 g/mol. The number of nitrogens with zero attached hydrogens (tertiary/aromatic N) is 2. The number of barbiturate groups is 1. The standard InChI is InChI=1S/C18H22N2O4.C4H4S/c1-12(2)9-10-19-16(22)15(13(3)21)17(23)20(18(19)24)11-14-7-5-4-6-8-14;1-2-4-5-3-1/h4-8,12,15H,9-11H2,1-3H3;1-4H. The highest BCUT2D eigenvalue weighted by Gasteiger charge is 2.47. The summed E-state index contributed by atoms with van der Waals surface area (Å²) in [6, 6.07) is 12.4. The van der Waals surface area contributed by atoms with Gasteiger partial charge in [0.2, 0.25) is 0 Å². The molecular formula is C22H26N2O4S. The van der Waals surface area contributed by atoms with E-state index in [4.69, 9.17) is 0 Å². The number of carbonyl (C=O) groups is 4. The fraction of sp³-hybridized carbons (Fsp3) is 0.364. The Balaban J connectivity index is 0.000000521. The van der Waals surface area contributed by atoms with E-state index in [1.165, 1.54) is 6.92 Å². The summed E-state index contributed by atoms with van der Waals surface area (Å²) in [7, 11) is 0. The molecule has 154 valence electrons. The van der Waals surface area contributed by atoms with Crippen LogP contribution in [0.5, 0.6) is 0 Å². The zero-order chi connectivity index (χ0) is 21.4. The van der Waals surface area contributed by atoms with Gasteiger partial charge in [-0.2, -0.15) is 11.3 Å². The molecule has 1 fully saturated rings. The van der Waals surface area contributed by atoms with Crippen LogP contribution in [-0.2, 0) is 20.9 Å². The second-order valence-electron chi connectivity index (χ2n) is 7.20. The quantitative estimate of drug-likeness (QED) is 0.670. The smallest absolute Gasteiger partial charge is 0.299 e. The molecule has 0 N–H and O–H groups in total. The zero-order valence-corrected chi connectivity index (χ0v) is 17.7. The van der Waals surface area contributed by atoms with Gasteiger partial charge in [0.05, 0.1) is 6.54 Å². The van der Waals surface area contributed by atoms with Crippen molar-refractivity contribution in [3.63, 3.8) is 0 Å². The number of amides is 4. The molecule has 1 aliphatic heterocycles. The van der Waals surface area contributed by atoms with Crippen molar-refractivity contribution in [2.45, 2.75) is 33.7 Å². The maximum Gasteiger partial charge on any atom is 0.333 e. The fourth-order valence-electron chi connectivity index (χ4n) is 2.83. The summed E-state index contributed by atoms with van der Waals surface area (Å²) in [6.45, 7) is 5.42. The number of hydrogen-bond donors (Lipinski definition) is 0. The summed E-state index contributed by atoms with van der Waals surface area (Å²) in [4.78, 5) is 51.4. The average Bonchev–Trinajstić information content (AvgIpc) is 3.25. The molecule has 0 spiro atoms. The Hall–Kier alpha value is -2.80. The van der Waals surface area contributed by atoms with Crippen molar-refractivity contribution in [3.8, 4) is 0 Å². The van der Waals surface area contributed by atoms with Gasteiger partial charge in [-0.05, 0) is 35.6 Å². The van der Waals surface area contributed by atoms with Crippen LogP contribution in [0.25, 0.3) is 0 Å². The van der Waals surface area contributed by atoms with E-state index in [0.29, 0.717) is 12.3 Å². The molecule has 1 aliphatic rings. The van der Waals surface area contributed by atoms with Crippen molar-refractivity contribution < 1.29 is 19.2 Å². The topological polar surface area (TPSA) is 74.8 Å². The van der Waals surface area contributed by atoms with Crippen LogP contribution >= 0.6 is 11.3 Å². The number of hydrogen-bond acceptors (Lipinski definition) is 5. The van der Waals surface area contributed by atoms with E-state index in [1.807, 2.05) is 42.8 Å². The molecule has 29 heavy (non-hydrogen) atoms. The first-order chi connectivity index (χ1) is 13.8. The van der Waals surface area contributed by atoms with Crippen molar-refractivity contribution in [2.24, 2.45) is 11.8 Å². The monoisotopic (exact) mass is 414 g/mol. The first-order valence-electron chi connectivity index (χ1n) is 9.51. The van der Waals surface area contributed by atoms with E-state index in [1.54, 1.807) is 35.6 Å². The summed E-state index contributed by atoms with van der Waals surface area (Å²) >= 11 is 1.71. The third-order valence-electron chi connectivity index (χ3n) is 4.43. The minimum absolute atomic E-state index is 0.0494. The third-order valence-corrected chi connectivity index (χ3v) is 5.06. The van der Waals surface area contributed by atoms with E-state index in [9.17, 15) is 19.2 Å². The summed E-state index contributed by atoms with van der Waals surface area (Å²) < 4.78 is 0. The minimum Gasteiger partial charge on any atom is -0.299 e. The summed E-state index contributed by atoms with van der Waals surface area (Å²) in [5.74, 6) is -3.10. The second kappa shape index (κ2) is 10.7. The Kier molecular flexibility index (Phi) is 8.27. The lowest BCUT2D eigenvalue weighted by molar-refractivity contribution is -0.153. The number of urea groups is 1. The molecule has 3 rings (SSSR count). The van der Waals surface area contributed by atoms with Gasteiger partial charge in [-0.1, -0.05) is 56.3 Å². The number of carbonyl (C=O) groups excluding carboxylic acids is 4. The molecule has 1 aromatic heterocycles. The van der Waals surface area contributed by atoms with E-state index < -0.39 is 29.5 Å². The Bertz CT molecular complexity index is 817. The molecule has 0 aliphatic carbocycles.